The zero-order chi connectivity index (χ0) is 89.9. The maximum atomic E-state index is 6.87. The predicted molar refractivity (Wildman–Crippen MR) is 559 cm³/mol. The lowest BCUT2D eigenvalue weighted by Gasteiger charge is -2.17. The Morgan fingerprint density at radius 3 is 0.816 bits per heavy atom. The first kappa shape index (κ1) is 79.8. The van der Waals surface area contributed by atoms with Crippen molar-refractivity contribution in [3.8, 4) is 169 Å². The highest BCUT2D eigenvalue weighted by Crippen LogP contribution is 2.49. The number of hydrogen-bond donors (Lipinski definition) is 0. The monoisotopic (exact) mass is 1740 g/mol. The predicted octanol–water partition coefficient (Wildman–Crippen LogP) is 33.1. The molecule has 0 N–H and O–H groups in total. The van der Waals surface area contributed by atoms with Crippen molar-refractivity contribution >= 4 is 87.5 Å². The molecule has 0 fully saturated rings. The molecular formula is C126H80N8O2. The average molecular weight is 1740 g/mol. The maximum absolute atomic E-state index is 6.87. The summed E-state index contributed by atoms with van der Waals surface area (Å²) in [5, 5.41) is 9.00. The van der Waals surface area contributed by atoms with Crippen molar-refractivity contribution in [3.63, 3.8) is 0 Å². The molecule has 0 spiro atoms. The Morgan fingerprint density at radius 1 is 0.147 bits per heavy atom. The lowest BCUT2D eigenvalue weighted by atomic mass is 9.88. The van der Waals surface area contributed by atoms with Gasteiger partial charge < -0.3 is 18.0 Å². The molecule has 0 aliphatic rings. The van der Waals surface area contributed by atoms with E-state index in [1.54, 1.807) is 0 Å². The van der Waals surface area contributed by atoms with Gasteiger partial charge in [-0.2, -0.15) is 0 Å². The van der Waals surface area contributed by atoms with Gasteiger partial charge in [0.05, 0.1) is 32.8 Å². The average Bonchev–Trinajstić information content (AvgIpc) is 1.56. The molecule has 0 saturated carbocycles. The summed E-state index contributed by atoms with van der Waals surface area (Å²) in [7, 11) is 0. The third-order valence-corrected chi connectivity index (χ3v) is 26.2. The van der Waals surface area contributed by atoms with E-state index < -0.39 is 0 Å². The van der Waals surface area contributed by atoms with Crippen molar-refractivity contribution in [2.45, 2.75) is 0 Å². The van der Waals surface area contributed by atoms with Gasteiger partial charge in [-0.25, -0.2) is 29.9 Å². The van der Waals surface area contributed by atoms with Gasteiger partial charge in [0.15, 0.2) is 34.9 Å². The van der Waals surface area contributed by atoms with Gasteiger partial charge in [0, 0.05) is 77.1 Å². The number of fused-ring (bicyclic) bond motifs is 14. The molecule has 0 unspecified atom stereocenters. The minimum Gasteiger partial charge on any atom is -0.456 e. The lowest BCUT2D eigenvalue weighted by molar-refractivity contribution is 0.669. The van der Waals surface area contributed by atoms with Gasteiger partial charge in [0.25, 0.3) is 0 Å². The minimum atomic E-state index is 0.578. The number of para-hydroxylation sites is 4. The van der Waals surface area contributed by atoms with E-state index in [2.05, 4.69) is 422 Å². The van der Waals surface area contributed by atoms with Crippen molar-refractivity contribution < 1.29 is 8.83 Å². The molecule has 136 heavy (non-hydrogen) atoms. The Labute approximate surface area is 784 Å². The highest BCUT2D eigenvalue weighted by Gasteiger charge is 2.27. The lowest BCUT2D eigenvalue weighted by Crippen LogP contribution is -2.01. The molecule has 6 aromatic heterocycles. The normalized spacial score (nSPS) is 11.5. The van der Waals surface area contributed by atoms with Gasteiger partial charge in [-0.15, -0.1) is 0 Å². The van der Waals surface area contributed by atoms with E-state index in [9.17, 15) is 0 Å². The summed E-state index contributed by atoms with van der Waals surface area (Å²) in [5.74, 6) is 3.58. The van der Waals surface area contributed by atoms with E-state index in [1.165, 1.54) is 21.5 Å². The fourth-order valence-electron chi connectivity index (χ4n) is 19.7. The second kappa shape index (κ2) is 34.2. The Bertz CT molecular complexity index is 8920. The van der Waals surface area contributed by atoms with Crippen LogP contribution in [0.4, 0.5) is 0 Å². The number of furan rings is 2. The summed E-state index contributed by atoms with van der Waals surface area (Å²) in [6.45, 7) is 0. The molecule has 636 valence electrons. The van der Waals surface area contributed by atoms with Crippen LogP contribution in [0.5, 0.6) is 0 Å². The molecule has 10 nitrogen and oxygen atoms in total. The Hall–Kier alpha value is -18.4. The van der Waals surface area contributed by atoms with Crippen molar-refractivity contribution in [1.29, 1.82) is 0 Å². The van der Waals surface area contributed by atoms with E-state index in [0.717, 1.165) is 200 Å². The van der Waals surface area contributed by atoms with Crippen LogP contribution in [0, 0.1) is 0 Å². The first-order chi connectivity index (χ1) is 67.4. The SMILES string of the molecule is c1ccc(-c2ccc(-c3ccccc3)c(-c3ccc(-c4ccc5c(c4)oc4ccc6c7ccccc7n(-c7ccccc7)c6c45)c(-c4nc(-c5ccccc5)nc(-c5ccccc5)n4)c3)c2)cc1.c1ccc(-c2ccc(-c3ccccc3)c(-c3ccc(-c4ccc5oc6ccc7c8ccccc8n(-c8ccccc8)c7c6c5c4)c(-c4nc(-c5ccccc5)nc(-c5ccccc5)n4)c3)c2)cc1. The quantitative estimate of drug-likeness (QED) is 0.0940. The van der Waals surface area contributed by atoms with Crippen LogP contribution in [0.1, 0.15) is 0 Å². The van der Waals surface area contributed by atoms with Crippen LogP contribution in [0.3, 0.4) is 0 Å². The molecule has 6 heterocycles. The second-order valence-corrected chi connectivity index (χ2v) is 34.3. The van der Waals surface area contributed by atoms with E-state index in [0.29, 0.717) is 34.9 Å². The molecule has 10 heteroatoms. The van der Waals surface area contributed by atoms with E-state index in [1.807, 2.05) is 72.8 Å². The van der Waals surface area contributed by atoms with Crippen LogP contribution in [-0.2, 0) is 0 Å². The van der Waals surface area contributed by atoms with E-state index >= 15 is 0 Å². The van der Waals surface area contributed by atoms with Gasteiger partial charge in [0.2, 0.25) is 0 Å². The largest absolute Gasteiger partial charge is 0.456 e. The van der Waals surface area contributed by atoms with Crippen molar-refractivity contribution in [1.82, 2.24) is 39.0 Å². The summed E-state index contributed by atoms with van der Waals surface area (Å²) in [6, 6.07) is 170. The molecule has 0 radical (unpaired) electrons. The number of aromatic nitrogens is 8. The molecule has 0 aliphatic carbocycles. The number of nitrogens with zero attached hydrogens (tertiary/aromatic N) is 8. The molecule has 0 bridgehead atoms. The summed E-state index contributed by atoms with van der Waals surface area (Å²) in [5.41, 5.74) is 32.9. The fourth-order valence-corrected chi connectivity index (χ4v) is 19.7. The molecule has 0 aliphatic heterocycles. The van der Waals surface area contributed by atoms with Crippen LogP contribution in [-0.4, -0.2) is 39.0 Å². The molecular weight excluding hydrogens is 1660 g/mol. The topological polar surface area (TPSA) is 113 Å². The summed E-state index contributed by atoms with van der Waals surface area (Å²) in [6.07, 6.45) is 0. The molecule has 20 aromatic carbocycles. The van der Waals surface area contributed by atoms with Crippen molar-refractivity contribution in [3.05, 3.63) is 485 Å². The minimum absolute atomic E-state index is 0.578. The molecule has 26 rings (SSSR count). The van der Waals surface area contributed by atoms with Crippen molar-refractivity contribution in [2.24, 2.45) is 0 Å². The Balaban J connectivity index is 0.000000145. The first-order valence-electron chi connectivity index (χ1n) is 45.9. The van der Waals surface area contributed by atoms with E-state index in [-0.39, 0.29) is 0 Å². The van der Waals surface area contributed by atoms with Gasteiger partial charge in [0.1, 0.15) is 22.3 Å². The summed E-state index contributed by atoms with van der Waals surface area (Å²) in [4.78, 5) is 31.5. The van der Waals surface area contributed by atoms with Gasteiger partial charge >= 0.3 is 0 Å². The zero-order valence-corrected chi connectivity index (χ0v) is 73.6. The summed E-state index contributed by atoms with van der Waals surface area (Å²) >= 11 is 0. The van der Waals surface area contributed by atoms with Crippen LogP contribution in [0.15, 0.2) is 494 Å². The van der Waals surface area contributed by atoms with E-state index in [4.69, 9.17) is 38.7 Å². The molecule has 0 saturated heterocycles. The first-order valence-corrected chi connectivity index (χ1v) is 45.9. The number of benzene rings is 20. The van der Waals surface area contributed by atoms with Gasteiger partial charge in [-0.3, -0.25) is 0 Å². The van der Waals surface area contributed by atoms with Crippen LogP contribution >= 0.6 is 0 Å². The molecule has 26 aromatic rings. The molecule has 0 atom stereocenters. The van der Waals surface area contributed by atoms with Gasteiger partial charge in [-0.1, -0.05) is 376 Å². The number of hydrogen-bond acceptors (Lipinski definition) is 8. The highest BCUT2D eigenvalue weighted by molar-refractivity contribution is 6.26. The Kier molecular flexibility index (Phi) is 20.0. The van der Waals surface area contributed by atoms with Crippen LogP contribution < -0.4 is 0 Å². The van der Waals surface area contributed by atoms with Crippen LogP contribution in [0.2, 0.25) is 0 Å². The van der Waals surface area contributed by atoms with Crippen molar-refractivity contribution in [2.75, 3.05) is 0 Å². The second-order valence-electron chi connectivity index (χ2n) is 34.3. The highest BCUT2D eigenvalue weighted by atomic mass is 16.3. The third-order valence-electron chi connectivity index (χ3n) is 26.2. The summed E-state index contributed by atoms with van der Waals surface area (Å²) < 4.78 is 18.3. The third kappa shape index (κ3) is 14.5. The van der Waals surface area contributed by atoms with Crippen LogP contribution in [0.25, 0.3) is 256 Å². The fraction of sp³-hybridized carbons (Fsp3) is 0. The number of rotatable bonds is 16. The standard InChI is InChI=1S/2C63H40N4O/c1-6-18-41(19-7-1)45-30-33-49(42-20-8-2-9-21-42)53(38-45)47-31-34-50(54(39-47)63-65-61(43-22-10-3-11-23-43)64-62(66-63)44-24-12-4-13-25-44)46-32-36-57-55(40-46)59-58(68-57)37-35-52-51-28-16-17-29-56(51)67(60(52)59)48-26-14-5-15-27-48;1-6-18-41(19-7-1)45-30-33-49(42-20-8-2-9-21-42)54(38-45)46-31-34-50(55(39-46)63-65-61(43-22-10-3-11-23-43)64-62(66-63)44-24-12-4-13-25-44)47-32-35-53-58(40-47)68-57-37-36-52-51-28-16-17-29-56(51)67(60(52)59(53)57)48-26-14-5-15-27-48/h2*1-40H. The molecule has 0 amide bonds. The maximum Gasteiger partial charge on any atom is 0.164 e. The zero-order valence-electron chi connectivity index (χ0n) is 73.6. The Morgan fingerprint density at radius 2 is 0.419 bits per heavy atom. The van der Waals surface area contributed by atoms with Gasteiger partial charge in [-0.05, 0) is 198 Å². The smallest absolute Gasteiger partial charge is 0.164 e.